The van der Waals surface area contributed by atoms with Gasteiger partial charge in [-0.05, 0) is 25.0 Å². The number of aliphatic hydroxyl groups excluding tert-OH is 1. The highest BCUT2D eigenvalue weighted by atomic mass is 32.2. The molecule has 3 nitrogen and oxygen atoms in total. The number of hydrogen-bond acceptors (Lipinski definition) is 3. The van der Waals surface area contributed by atoms with Crippen LogP contribution in [-0.4, -0.2) is 29.9 Å². The van der Waals surface area contributed by atoms with Crippen molar-refractivity contribution in [3.63, 3.8) is 0 Å². The van der Waals surface area contributed by atoms with Gasteiger partial charge < -0.3 is 10.4 Å². The predicted octanol–water partition coefficient (Wildman–Crippen LogP) is 2.84. The molecule has 0 aliphatic heterocycles. The van der Waals surface area contributed by atoms with Gasteiger partial charge in [0.1, 0.15) is 0 Å². The Labute approximate surface area is 125 Å². The zero-order chi connectivity index (χ0) is 14.3. The Hall–Kier alpha value is -1.00. The van der Waals surface area contributed by atoms with Gasteiger partial charge in [-0.3, -0.25) is 4.79 Å². The number of benzene rings is 1. The van der Waals surface area contributed by atoms with Crippen LogP contribution < -0.4 is 5.32 Å². The molecule has 110 valence electrons. The van der Waals surface area contributed by atoms with E-state index in [9.17, 15) is 9.90 Å². The summed E-state index contributed by atoms with van der Waals surface area (Å²) < 4.78 is 0. The van der Waals surface area contributed by atoms with Crippen LogP contribution in [0.15, 0.2) is 35.2 Å². The first kappa shape index (κ1) is 15.4. The fourth-order valence-electron chi connectivity index (χ4n) is 2.67. The Morgan fingerprint density at radius 3 is 2.60 bits per heavy atom. The maximum atomic E-state index is 11.8. The molecule has 20 heavy (non-hydrogen) atoms. The lowest BCUT2D eigenvalue weighted by molar-refractivity contribution is -0.121. The molecular formula is C16H23NO2S. The van der Waals surface area contributed by atoms with Crippen LogP contribution in [-0.2, 0) is 4.79 Å². The molecule has 1 aliphatic carbocycles. The fraction of sp³-hybridized carbons (Fsp3) is 0.562. The van der Waals surface area contributed by atoms with E-state index >= 15 is 0 Å². The lowest BCUT2D eigenvalue weighted by Gasteiger charge is -2.26. The summed E-state index contributed by atoms with van der Waals surface area (Å²) >= 11 is 1.70. The number of rotatable bonds is 7. The second-order valence-electron chi connectivity index (χ2n) is 5.55. The summed E-state index contributed by atoms with van der Waals surface area (Å²) in [5.74, 6) is 0.885. The quantitative estimate of drug-likeness (QED) is 0.760. The minimum absolute atomic E-state index is 0.0533. The van der Waals surface area contributed by atoms with Gasteiger partial charge in [0.2, 0.25) is 5.91 Å². The second kappa shape index (κ2) is 7.70. The molecule has 1 aromatic rings. The molecule has 0 atom stereocenters. The van der Waals surface area contributed by atoms with Crippen LogP contribution in [0.2, 0.25) is 0 Å². The number of thioether (sulfide) groups is 1. The van der Waals surface area contributed by atoms with Crippen LogP contribution in [0, 0.1) is 5.41 Å². The third-order valence-electron chi connectivity index (χ3n) is 4.00. The monoisotopic (exact) mass is 293 g/mol. The molecule has 0 aromatic heterocycles. The molecule has 0 saturated heterocycles. The highest BCUT2D eigenvalue weighted by Gasteiger charge is 2.33. The molecular weight excluding hydrogens is 270 g/mol. The van der Waals surface area contributed by atoms with Crippen molar-refractivity contribution >= 4 is 17.7 Å². The minimum Gasteiger partial charge on any atom is -0.396 e. The highest BCUT2D eigenvalue weighted by Crippen LogP contribution is 2.36. The second-order valence-corrected chi connectivity index (χ2v) is 6.72. The van der Waals surface area contributed by atoms with Crippen LogP contribution in [0.25, 0.3) is 0 Å². The van der Waals surface area contributed by atoms with Gasteiger partial charge in [0.25, 0.3) is 0 Å². The lowest BCUT2D eigenvalue weighted by atomic mass is 9.87. The van der Waals surface area contributed by atoms with E-state index in [0.29, 0.717) is 13.0 Å². The van der Waals surface area contributed by atoms with E-state index in [1.165, 1.54) is 17.7 Å². The van der Waals surface area contributed by atoms with Crippen molar-refractivity contribution in [2.45, 2.75) is 37.0 Å². The standard InChI is InChI=1S/C16H23NO2S/c18-13-16(9-4-5-10-16)12-17-15(19)8-11-20-14-6-2-1-3-7-14/h1-3,6-7,18H,4-5,8-13H2,(H,17,19). The zero-order valence-electron chi connectivity index (χ0n) is 11.8. The summed E-state index contributed by atoms with van der Waals surface area (Å²) in [4.78, 5) is 13.0. The van der Waals surface area contributed by atoms with Crippen LogP contribution in [0.5, 0.6) is 0 Å². The van der Waals surface area contributed by atoms with Crippen molar-refractivity contribution in [3.8, 4) is 0 Å². The molecule has 1 saturated carbocycles. The summed E-state index contributed by atoms with van der Waals surface area (Å²) in [7, 11) is 0. The van der Waals surface area contributed by atoms with Gasteiger partial charge in [-0.15, -0.1) is 11.8 Å². The summed E-state index contributed by atoms with van der Waals surface area (Å²) in [6.07, 6.45) is 4.92. The largest absolute Gasteiger partial charge is 0.396 e. The van der Waals surface area contributed by atoms with Gasteiger partial charge in [0.05, 0.1) is 6.61 Å². The highest BCUT2D eigenvalue weighted by molar-refractivity contribution is 7.99. The van der Waals surface area contributed by atoms with Gasteiger partial charge in [0, 0.05) is 29.0 Å². The Bertz CT molecular complexity index is 416. The van der Waals surface area contributed by atoms with Crippen LogP contribution >= 0.6 is 11.8 Å². The van der Waals surface area contributed by atoms with Crippen molar-refractivity contribution in [2.24, 2.45) is 5.41 Å². The van der Waals surface area contributed by atoms with Crippen LogP contribution in [0.1, 0.15) is 32.1 Å². The molecule has 1 aromatic carbocycles. The van der Waals surface area contributed by atoms with E-state index in [1.54, 1.807) is 11.8 Å². The smallest absolute Gasteiger partial charge is 0.220 e. The lowest BCUT2D eigenvalue weighted by Crippen LogP contribution is -2.38. The molecule has 1 aliphatic rings. The third kappa shape index (κ3) is 4.53. The third-order valence-corrected chi connectivity index (χ3v) is 5.01. The fourth-order valence-corrected chi connectivity index (χ4v) is 3.54. The number of hydrogen-bond donors (Lipinski definition) is 2. The van der Waals surface area contributed by atoms with Gasteiger partial charge >= 0.3 is 0 Å². The molecule has 1 fully saturated rings. The maximum absolute atomic E-state index is 11.8. The first-order chi connectivity index (χ1) is 9.74. The van der Waals surface area contributed by atoms with Crippen LogP contribution in [0.3, 0.4) is 0 Å². The molecule has 4 heteroatoms. The van der Waals surface area contributed by atoms with Gasteiger partial charge in [-0.1, -0.05) is 31.0 Å². The number of aliphatic hydroxyl groups is 1. The first-order valence-corrected chi connectivity index (χ1v) is 8.28. The molecule has 0 bridgehead atoms. The Morgan fingerprint density at radius 1 is 1.25 bits per heavy atom. The van der Waals surface area contributed by atoms with E-state index in [-0.39, 0.29) is 17.9 Å². The Morgan fingerprint density at radius 2 is 1.95 bits per heavy atom. The summed E-state index contributed by atoms with van der Waals surface area (Å²) in [6, 6.07) is 10.1. The van der Waals surface area contributed by atoms with Crippen molar-refractivity contribution in [2.75, 3.05) is 18.9 Å². The molecule has 1 amide bonds. The Balaban J connectivity index is 1.65. The average Bonchev–Trinajstić information content (AvgIpc) is 2.96. The minimum atomic E-state index is -0.0533. The number of amides is 1. The van der Waals surface area contributed by atoms with Crippen molar-refractivity contribution < 1.29 is 9.90 Å². The van der Waals surface area contributed by atoms with Gasteiger partial charge in [-0.2, -0.15) is 0 Å². The van der Waals surface area contributed by atoms with E-state index in [2.05, 4.69) is 17.4 Å². The number of nitrogens with one attached hydrogen (secondary N) is 1. The van der Waals surface area contributed by atoms with E-state index in [1.807, 2.05) is 18.2 Å². The maximum Gasteiger partial charge on any atom is 0.220 e. The molecule has 0 radical (unpaired) electrons. The number of carbonyl (C=O) groups is 1. The van der Waals surface area contributed by atoms with Crippen molar-refractivity contribution in [1.82, 2.24) is 5.32 Å². The van der Waals surface area contributed by atoms with Crippen LogP contribution in [0.4, 0.5) is 0 Å². The predicted molar refractivity (Wildman–Crippen MR) is 82.8 cm³/mol. The molecule has 0 spiro atoms. The zero-order valence-corrected chi connectivity index (χ0v) is 12.6. The van der Waals surface area contributed by atoms with Crippen molar-refractivity contribution in [1.29, 1.82) is 0 Å². The SMILES string of the molecule is O=C(CCSc1ccccc1)NCC1(CO)CCCC1. The summed E-state index contributed by atoms with van der Waals surface area (Å²) in [5.41, 5.74) is -0.0533. The molecule has 0 unspecified atom stereocenters. The molecule has 2 N–H and O–H groups in total. The van der Waals surface area contributed by atoms with E-state index in [4.69, 9.17) is 0 Å². The summed E-state index contributed by atoms with van der Waals surface area (Å²) in [5, 5.41) is 12.5. The topological polar surface area (TPSA) is 49.3 Å². The van der Waals surface area contributed by atoms with E-state index in [0.717, 1.165) is 18.6 Å². The first-order valence-electron chi connectivity index (χ1n) is 7.30. The Kier molecular flexibility index (Phi) is 5.92. The normalized spacial score (nSPS) is 17.1. The van der Waals surface area contributed by atoms with E-state index < -0.39 is 0 Å². The molecule has 0 heterocycles. The van der Waals surface area contributed by atoms with Crippen molar-refractivity contribution in [3.05, 3.63) is 30.3 Å². The van der Waals surface area contributed by atoms with Gasteiger partial charge in [0.15, 0.2) is 0 Å². The summed E-state index contributed by atoms with van der Waals surface area (Å²) in [6.45, 7) is 0.810. The molecule has 2 rings (SSSR count). The number of carbonyl (C=O) groups excluding carboxylic acids is 1. The van der Waals surface area contributed by atoms with Gasteiger partial charge in [-0.25, -0.2) is 0 Å². The average molecular weight is 293 g/mol.